The number of ether oxygens (including phenoxy) is 1. The summed E-state index contributed by atoms with van der Waals surface area (Å²) in [5.41, 5.74) is 1.81. The van der Waals surface area contributed by atoms with Gasteiger partial charge in [-0.25, -0.2) is 23.4 Å². The molecular weight excluding hydrogens is 376 g/mol. The fourth-order valence-corrected chi connectivity index (χ4v) is 2.93. The van der Waals surface area contributed by atoms with Crippen molar-refractivity contribution in [2.24, 2.45) is 0 Å². The number of rotatable bonds is 6. The quantitative estimate of drug-likeness (QED) is 0.627. The molecule has 1 saturated carbocycles. The molecule has 1 fully saturated rings. The fraction of sp³-hybridized carbons (Fsp3) is 0.333. The fourth-order valence-electron chi connectivity index (χ4n) is 2.65. The first-order chi connectivity index (χ1) is 12.9. The van der Waals surface area contributed by atoms with E-state index in [0.717, 1.165) is 12.5 Å². The Morgan fingerprint density at radius 3 is 2.67 bits per heavy atom. The average Bonchev–Trinajstić information content (AvgIpc) is 3.38. The van der Waals surface area contributed by atoms with Crippen LogP contribution in [0.15, 0.2) is 36.8 Å². The Balaban J connectivity index is 1.45. The zero-order valence-electron chi connectivity index (χ0n) is 14.4. The highest BCUT2D eigenvalue weighted by Gasteiger charge is 2.28. The molecule has 0 unspecified atom stereocenters. The minimum Gasteiger partial charge on any atom is -0.457 e. The molecule has 0 aliphatic heterocycles. The number of halogens is 3. The van der Waals surface area contributed by atoms with Gasteiger partial charge in [-0.2, -0.15) is 0 Å². The molecule has 0 atom stereocenters. The van der Waals surface area contributed by atoms with Crippen molar-refractivity contribution in [1.82, 2.24) is 25.0 Å². The van der Waals surface area contributed by atoms with Crippen LogP contribution in [0, 0.1) is 0 Å². The summed E-state index contributed by atoms with van der Waals surface area (Å²) >= 11 is 5.87. The van der Waals surface area contributed by atoms with Crippen molar-refractivity contribution < 1.29 is 13.5 Å². The molecular formula is C18H16ClF2N5O. The van der Waals surface area contributed by atoms with Gasteiger partial charge in [0.2, 0.25) is 0 Å². The van der Waals surface area contributed by atoms with Crippen molar-refractivity contribution in [2.75, 3.05) is 0 Å². The third kappa shape index (κ3) is 4.05. The summed E-state index contributed by atoms with van der Waals surface area (Å²) < 4.78 is 34.2. The van der Waals surface area contributed by atoms with Gasteiger partial charge in [0.25, 0.3) is 5.92 Å². The molecule has 0 N–H and O–H groups in total. The van der Waals surface area contributed by atoms with Crippen LogP contribution in [0.2, 0.25) is 5.02 Å². The molecule has 0 saturated heterocycles. The van der Waals surface area contributed by atoms with Gasteiger partial charge in [0.05, 0.1) is 11.9 Å². The van der Waals surface area contributed by atoms with Gasteiger partial charge in [0.15, 0.2) is 0 Å². The highest BCUT2D eigenvalue weighted by molar-refractivity contribution is 6.31. The van der Waals surface area contributed by atoms with Gasteiger partial charge < -0.3 is 4.74 Å². The summed E-state index contributed by atoms with van der Waals surface area (Å²) in [6.45, 7) is 0.917. The third-order valence-corrected chi connectivity index (χ3v) is 4.60. The smallest absolute Gasteiger partial charge is 0.316 e. The van der Waals surface area contributed by atoms with Crippen molar-refractivity contribution in [1.29, 1.82) is 0 Å². The normalized spacial score (nSPS) is 14.4. The van der Waals surface area contributed by atoms with Crippen LogP contribution in [0.3, 0.4) is 0 Å². The molecule has 140 valence electrons. The number of benzene rings is 1. The zero-order chi connectivity index (χ0) is 19.0. The lowest BCUT2D eigenvalue weighted by atomic mass is 10.1. The van der Waals surface area contributed by atoms with E-state index in [1.807, 2.05) is 0 Å². The van der Waals surface area contributed by atoms with Crippen molar-refractivity contribution in [3.8, 4) is 11.7 Å². The Morgan fingerprint density at radius 2 is 2.00 bits per heavy atom. The third-order valence-electron chi connectivity index (χ3n) is 4.27. The molecule has 0 bridgehead atoms. The van der Waals surface area contributed by atoms with E-state index < -0.39 is 5.92 Å². The second-order valence-electron chi connectivity index (χ2n) is 6.57. The van der Waals surface area contributed by atoms with Crippen molar-refractivity contribution in [3.05, 3.63) is 58.6 Å². The highest BCUT2D eigenvalue weighted by atomic mass is 35.5. The Kier molecular flexibility index (Phi) is 4.51. The molecule has 0 spiro atoms. The van der Waals surface area contributed by atoms with Crippen LogP contribution in [0.1, 0.15) is 42.5 Å². The molecule has 4 rings (SSSR count). The van der Waals surface area contributed by atoms with Gasteiger partial charge in [0.1, 0.15) is 12.3 Å². The van der Waals surface area contributed by atoms with Gasteiger partial charge >= 0.3 is 6.01 Å². The first-order valence-corrected chi connectivity index (χ1v) is 8.82. The number of nitrogens with zero attached hydrogens (tertiary/aromatic N) is 5. The van der Waals surface area contributed by atoms with Crippen molar-refractivity contribution in [2.45, 2.75) is 38.2 Å². The van der Waals surface area contributed by atoms with Crippen LogP contribution in [0.4, 0.5) is 8.78 Å². The molecule has 3 aromatic rings. The molecule has 27 heavy (non-hydrogen) atoms. The van der Waals surface area contributed by atoms with Gasteiger partial charge in [-0.05, 0) is 42.5 Å². The Labute approximate surface area is 159 Å². The Morgan fingerprint density at radius 1 is 1.26 bits per heavy atom. The lowest BCUT2D eigenvalue weighted by molar-refractivity contribution is 0.0176. The minimum atomic E-state index is -3.05. The molecule has 0 radical (unpaired) electrons. The summed E-state index contributed by atoms with van der Waals surface area (Å²) in [4.78, 5) is 8.36. The van der Waals surface area contributed by atoms with Crippen LogP contribution in [0.5, 0.6) is 6.01 Å². The van der Waals surface area contributed by atoms with E-state index in [0.29, 0.717) is 17.3 Å². The molecule has 2 aromatic heterocycles. The summed E-state index contributed by atoms with van der Waals surface area (Å²) in [6.07, 6.45) is 7.51. The van der Waals surface area contributed by atoms with Gasteiger partial charge in [-0.3, -0.25) is 0 Å². The van der Waals surface area contributed by atoms with Gasteiger partial charge in [-0.15, -0.1) is 5.10 Å². The Hall–Kier alpha value is -2.61. The summed E-state index contributed by atoms with van der Waals surface area (Å²) in [5, 5.41) is 7.95. The molecule has 0 amide bonds. The summed E-state index contributed by atoms with van der Waals surface area (Å²) in [6, 6.07) is 4.56. The first-order valence-electron chi connectivity index (χ1n) is 8.44. The van der Waals surface area contributed by atoms with Crippen molar-refractivity contribution in [3.63, 3.8) is 0 Å². The number of hydrogen-bond donors (Lipinski definition) is 0. The molecule has 1 aliphatic rings. The SMILES string of the molecule is CC(F)(F)c1cc(-n2cc(COc3ncc(C4CC4)cn3)nn2)ccc1Cl. The maximum Gasteiger partial charge on any atom is 0.316 e. The molecule has 2 heterocycles. The van der Waals surface area contributed by atoms with E-state index in [9.17, 15) is 8.78 Å². The standard InChI is InChI=1S/C18H16ClF2N5O/c1-18(20,21)15-6-14(4-5-16(15)19)26-9-13(24-25-26)10-27-17-22-7-12(8-23-17)11-2-3-11/h4-9,11H,2-3,10H2,1H3. The summed E-state index contributed by atoms with van der Waals surface area (Å²) in [5.74, 6) is -2.47. The topological polar surface area (TPSA) is 65.7 Å². The van der Waals surface area contributed by atoms with E-state index in [2.05, 4.69) is 20.3 Å². The largest absolute Gasteiger partial charge is 0.457 e. The average molecular weight is 392 g/mol. The molecule has 6 nitrogen and oxygen atoms in total. The van der Waals surface area contributed by atoms with Crippen LogP contribution in [-0.2, 0) is 12.5 Å². The minimum absolute atomic E-state index is 0.00159. The lowest BCUT2D eigenvalue weighted by Gasteiger charge is -2.13. The number of aromatic nitrogens is 5. The van der Waals surface area contributed by atoms with Crippen LogP contribution in [0.25, 0.3) is 5.69 Å². The van der Waals surface area contributed by atoms with Crippen molar-refractivity contribution >= 4 is 11.6 Å². The maximum absolute atomic E-state index is 13.6. The van der Waals surface area contributed by atoms with Crippen LogP contribution >= 0.6 is 11.6 Å². The molecule has 9 heteroatoms. The van der Waals surface area contributed by atoms with E-state index in [-0.39, 0.29) is 23.2 Å². The van der Waals surface area contributed by atoms with Gasteiger partial charge in [0, 0.05) is 29.9 Å². The van der Waals surface area contributed by atoms with E-state index in [4.69, 9.17) is 16.3 Å². The van der Waals surface area contributed by atoms with E-state index in [1.54, 1.807) is 24.7 Å². The van der Waals surface area contributed by atoms with Crippen LogP contribution in [-0.4, -0.2) is 25.0 Å². The van der Waals surface area contributed by atoms with E-state index >= 15 is 0 Å². The Bertz CT molecular complexity index is 951. The van der Waals surface area contributed by atoms with E-state index in [1.165, 1.54) is 29.7 Å². The number of hydrogen-bond acceptors (Lipinski definition) is 5. The number of alkyl halides is 2. The second-order valence-corrected chi connectivity index (χ2v) is 6.98. The second kappa shape index (κ2) is 6.84. The maximum atomic E-state index is 13.6. The monoisotopic (exact) mass is 391 g/mol. The van der Waals surface area contributed by atoms with Gasteiger partial charge in [-0.1, -0.05) is 16.8 Å². The predicted octanol–water partition coefficient (Wildman–Crippen LogP) is 4.28. The molecule has 1 aliphatic carbocycles. The summed E-state index contributed by atoms with van der Waals surface area (Å²) in [7, 11) is 0. The predicted molar refractivity (Wildman–Crippen MR) is 94.3 cm³/mol. The van der Waals surface area contributed by atoms with Crippen LogP contribution < -0.4 is 4.74 Å². The first kappa shape index (κ1) is 17.8. The lowest BCUT2D eigenvalue weighted by Crippen LogP contribution is -2.09. The molecule has 1 aromatic carbocycles. The highest BCUT2D eigenvalue weighted by Crippen LogP contribution is 2.39. The zero-order valence-corrected chi connectivity index (χ0v) is 15.2.